The molecular weight excluding hydrogens is 226 g/mol. The summed E-state index contributed by atoms with van der Waals surface area (Å²) in [4.78, 5) is 8.30. The summed E-state index contributed by atoms with van der Waals surface area (Å²) in [6, 6.07) is 2.02. The van der Waals surface area contributed by atoms with Crippen molar-refractivity contribution in [2.45, 2.75) is 39.3 Å². The van der Waals surface area contributed by atoms with E-state index in [9.17, 15) is 0 Å². The van der Waals surface area contributed by atoms with Crippen LogP contribution >= 0.6 is 0 Å². The summed E-state index contributed by atoms with van der Waals surface area (Å²) in [5.41, 5.74) is 8.58. The van der Waals surface area contributed by atoms with E-state index in [-0.39, 0.29) is 5.54 Å². The van der Waals surface area contributed by atoms with Gasteiger partial charge >= 0.3 is 0 Å². The van der Waals surface area contributed by atoms with E-state index >= 15 is 0 Å². The van der Waals surface area contributed by atoms with Crippen molar-refractivity contribution in [3.05, 3.63) is 30.4 Å². The first kappa shape index (κ1) is 12.7. The molecule has 0 saturated carbocycles. The molecule has 2 rings (SSSR count). The number of aryl methyl sites for hydroxylation is 2. The lowest BCUT2D eigenvalue weighted by molar-refractivity contribution is 0.417. The van der Waals surface area contributed by atoms with Gasteiger partial charge in [-0.1, -0.05) is 0 Å². The van der Waals surface area contributed by atoms with Crippen LogP contribution < -0.4 is 5.73 Å². The van der Waals surface area contributed by atoms with Crippen molar-refractivity contribution in [2.75, 3.05) is 0 Å². The molecule has 0 amide bonds. The SMILES string of the molecule is Cc1cc(-c2cnccn2)nn1CCC(C)(C)N. The third kappa shape index (κ3) is 3.13. The maximum Gasteiger partial charge on any atom is 0.113 e. The zero-order valence-corrected chi connectivity index (χ0v) is 11.1. The first-order chi connectivity index (χ1) is 8.46. The normalized spacial score (nSPS) is 11.8. The molecule has 2 aromatic heterocycles. The van der Waals surface area contributed by atoms with Crippen molar-refractivity contribution >= 4 is 0 Å². The lowest BCUT2D eigenvalue weighted by atomic mass is 10.0. The van der Waals surface area contributed by atoms with E-state index in [1.54, 1.807) is 18.6 Å². The molecule has 2 N–H and O–H groups in total. The monoisotopic (exact) mass is 245 g/mol. The van der Waals surface area contributed by atoms with Gasteiger partial charge in [-0.15, -0.1) is 0 Å². The van der Waals surface area contributed by atoms with Gasteiger partial charge in [-0.3, -0.25) is 14.6 Å². The Bertz CT molecular complexity index is 510. The molecule has 96 valence electrons. The molecule has 0 aliphatic heterocycles. The smallest absolute Gasteiger partial charge is 0.113 e. The number of aromatic nitrogens is 4. The minimum Gasteiger partial charge on any atom is -0.325 e. The number of nitrogens with zero attached hydrogens (tertiary/aromatic N) is 4. The van der Waals surface area contributed by atoms with Crippen molar-refractivity contribution in [1.82, 2.24) is 19.7 Å². The average Bonchev–Trinajstić information content (AvgIpc) is 2.68. The fraction of sp³-hybridized carbons (Fsp3) is 0.462. The van der Waals surface area contributed by atoms with Gasteiger partial charge in [0.05, 0.1) is 6.20 Å². The minimum absolute atomic E-state index is 0.175. The summed E-state index contributed by atoms with van der Waals surface area (Å²) in [7, 11) is 0. The summed E-state index contributed by atoms with van der Waals surface area (Å²) < 4.78 is 1.97. The molecule has 0 spiro atoms. The Hall–Kier alpha value is -1.75. The van der Waals surface area contributed by atoms with Crippen LogP contribution in [0.1, 0.15) is 26.0 Å². The van der Waals surface area contributed by atoms with Crippen LogP contribution in [-0.2, 0) is 6.54 Å². The number of hydrogen-bond acceptors (Lipinski definition) is 4. The number of hydrogen-bond donors (Lipinski definition) is 1. The van der Waals surface area contributed by atoms with Crippen molar-refractivity contribution < 1.29 is 0 Å². The van der Waals surface area contributed by atoms with E-state index in [2.05, 4.69) is 15.1 Å². The van der Waals surface area contributed by atoms with E-state index in [0.717, 1.165) is 30.0 Å². The second-order valence-corrected chi connectivity index (χ2v) is 5.22. The van der Waals surface area contributed by atoms with Crippen molar-refractivity contribution in [3.8, 4) is 11.4 Å². The third-order valence-electron chi connectivity index (χ3n) is 2.77. The van der Waals surface area contributed by atoms with Crippen molar-refractivity contribution in [2.24, 2.45) is 5.73 Å². The molecule has 0 aromatic carbocycles. The zero-order valence-electron chi connectivity index (χ0n) is 11.1. The van der Waals surface area contributed by atoms with Gasteiger partial charge in [-0.2, -0.15) is 5.10 Å². The van der Waals surface area contributed by atoms with Crippen LogP contribution in [0.4, 0.5) is 0 Å². The van der Waals surface area contributed by atoms with Gasteiger partial charge in [0.1, 0.15) is 11.4 Å². The molecule has 0 aliphatic carbocycles. The number of rotatable bonds is 4. The van der Waals surface area contributed by atoms with Crippen molar-refractivity contribution in [1.29, 1.82) is 0 Å². The molecule has 0 aliphatic rings. The molecule has 18 heavy (non-hydrogen) atoms. The first-order valence-electron chi connectivity index (χ1n) is 6.05. The summed E-state index contributed by atoms with van der Waals surface area (Å²) in [5.74, 6) is 0. The molecule has 5 nitrogen and oxygen atoms in total. The Labute approximate surface area is 107 Å². The van der Waals surface area contributed by atoms with Crippen LogP contribution in [0.2, 0.25) is 0 Å². The molecule has 0 saturated heterocycles. The van der Waals surface area contributed by atoms with Gasteiger partial charge in [0.25, 0.3) is 0 Å². The fourth-order valence-corrected chi connectivity index (χ4v) is 1.69. The Balaban J connectivity index is 2.17. The van der Waals surface area contributed by atoms with E-state index in [4.69, 9.17) is 5.73 Å². The van der Waals surface area contributed by atoms with E-state index < -0.39 is 0 Å². The summed E-state index contributed by atoms with van der Waals surface area (Å²) in [6.07, 6.45) is 5.94. The highest BCUT2D eigenvalue weighted by Crippen LogP contribution is 2.16. The van der Waals surface area contributed by atoms with Crippen LogP contribution in [-0.4, -0.2) is 25.3 Å². The van der Waals surface area contributed by atoms with Crippen LogP contribution in [0.3, 0.4) is 0 Å². The molecule has 0 unspecified atom stereocenters. The van der Waals surface area contributed by atoms with Gasteiger partial charge in [0, 0.05) is 30.2 Å². The second kappa shape index (κ2) is 4.86. The quantitative estimate of drug-likeness (QED) is 0.891. The van der Waals surface area contributed by atoms with Crippen LogP contribution in [0.15, 0.2) is 24.7 Å². The summed E-state index contributed by atoms with van der Waals surface area (Å²) >= 11 is 0. The molecule has 0 atom stereocenters. The minimum atomic E-state index is -0.175. The highest BCUT2D eigenvalue weighted by atomic mass is 15.3. The Morgan fingerprint density at radius 1 is 1.28 bits per heavy atom. The van der Waals surface area contributed by atoms with Crippen LogP contribution in [0.25, 0.3) is 11.4 Å². The highest BCUT2D eigenvalue weighted by Gasteiger charge is 2.13. The van der Waals surface area contributed by atoms with Crippen molar-refractivity contribution in [3.63, 3.8) is 0 Å². The first-order valence-corrected chi connectivity index (χ1v) is 6.05. The molecule has 0 fully saturated rings. The number of nitrogens with two attached hydrogens (primary N) is 1. The van der Waals surface area contributed by atoms with Crippen LogP contribution in [0.5, 0.6) is 0 Å². The van der Waals surface area contributed by atoms with Gasteiger partial charge < -0.3 is 5.73 Å². The largest absolute Gasteiger partial charge is 0.325 e. The third-order valence-corrected chi connectivity index (χ3v) is 2.77. The molecule has 0 radical (unpaired) electrons. The molecule has 2 heterocycles. The zero-order chi connectivity index (χ0) is 13.2. The van der Waals surface area contributed by atoms with Crippen LogP contribution in [0, 0.1) is 6.92 Å². The Morgan fingerprint density at radius 2 is 2.06 bits per heavy atom. The highest BCUT2D eigenvalue weighted by molar-refractivity contribution is 5.52. The maximum atomic E-state index is 5.99. The van der Waals surface area contributed by atoms with E-state index in [1.165, 1.54) is 0 Å². The predicted molar refractivity (Wildman–Crippen MR) is 70.9 cm³/mol. The van der Waals surface area contributed by atoms with E-state index in [0.29, 0.717) is 0 Å². The lowest BCUT2D eigenvalue weighted by Gasteiger charge is -2.18. The molecular formula is C13H19N5. The van der Waals surface area contributed by atoms with Gasteiger partial charge in [-0.05, 0) is 33.3 Å². The topological polar surface area (TPSA) is 69.6 Å². The Kier molecular flexibility index (Phi) is 3.43. The van der Waals surface area contributed by atoms with Gasteiger partial charge in [0.2, 0.25) is 0 Å². The lowest BCUT2D eigenvalue weighted by Crippen LogP contribution is -2.33. The standard InChI is InChI=1S/C13H19N5/c1-10-8-11(12-9-15-5-6-16-12)17-18(10)7-4-13(2,3)14/h5-6,8-9H,4,7,14H2,1-3H3. The summed E-state index contributed by atoms with van der Waals surface area (Å²) in [5, 5.41) is 4.54. The fourth-order valence-electron chi connectivity index (χ4n) is 1.69. The molecule has 2 aromatic rings. The maximum absolute atomic E-state index is 5.99. The van der Waals surface area contributed by atoms with E-state index in [1.807, 2.05) is 31.5 Å². The van der Waals surface area contributed by atoms with Gasteiger partial charge in [0.15, 0.2) is 0 Å². The van der Waals surface area contributed by atoms with Gasteiger partial charge in [-0.25, -0.2) is 0 Å². The average molecular weight is 245 g/mol. The molecule has 0 bridgehead atoms. The second-order valence-electron chi connectivity index (χ2n) is 5.22. The predicted octanol–water partition coefficient (Wildman–Crippen LogP) is 1.78. The molecule has 5 heteroatoms. The Morgan fingerprint density at radius 3 is 2.67 bits per heavy atom. The summed E-state index contributed by atoms with van der Waals surface area (Å²) in [6.45, 7) is 6.90.